The molecule has 0 bridgehead atoms. The van der Waals surface area contributed by atoms with E-state index in [9.17, 15) is 0 Å². The lowest BCUT2D eigenvalue weighted by Crippen LogP contribution is -2.18. The zero-order valence-electron chi connectivity index (χ0n) is 24.0. The first-order valence-corrected chi connectivity index (χ1v) is 15.3. The van der Waals surface area contributed by atoms with Gasteiger partial charge in [0.15, 0.2) is 0 Å². The summed E-state index contributed by atoms with van der Waals surface area (Å²) < 4.78 is 4.84. The molecule has 2 aliphatic rings. The van der Waals surface area contributed by atoms with Gasteiger partial charge in [-0.05, 0) is 48.5 Å². The third-order valence-corrected chi connectivity index (χ3v) is 9.65. The van der Waals surface area contributed by atoms with E-state index >= 15 is 0 Å². The van der Waals surface area contributed by atoms with Crippen LogP contribution >= 0.6 is 0 Å². The number of anilines is 3. The van der Waals surface area contributed by atoms with E-state index in [4.69, 9.17) is 9.97 Å². The Morgan fingerprint density at radius 1 is 0.422 bits per heavy atom. The van der Waals surface area contributed by atoms with Gasteiger partial charge in [0.2, 0.25) is 0 Å². The van der Waals surface area contributed by atoms with Gasteiger partial charge in [0.25, 0.3) is 0 Å². The van der Waals surface area contributed by atoms with Gasteiger partial charge in [-0.2, -0.15) is 0 Å². The monoisotopic (exact) mass is 573 g/mol. The van der Waals surface area contributed by atoms with Gasteiger partial charge < -0.3 is 14.0 Å². The summed E-state index contributed by atoms with van der Waals surface area (Å²) >= 11 is 0. The predicted molar refractivity (Wildman–Crippen MR) is 183 cm³/mol. The minimum atomic E-state index is 0.916. The van der Waals surface area contributed by atoms with Crippen molar-refractivity contribution in [3.05, 3.63) is 140 Å². The molecule has 0 radical (unpaired) electrons. The first kappa shape index (κ1) is 23.3. The summed E-state index contributed by atoms with van der Waals surface area (Å²) in [5.41, 5.74) is 14.6. The van der Waals surface area contributed by atoms with Crippen LogP contribution in [0, 0.1) is 0 Å². The molecule has 0 amide bonds. The fourth-order valence-corrected chi connectivity index (χ4v) is 7.93. The van der Waals surface area contributed by atoms with Gasteiger partial charge in [-0.15, -0.1) is 0 Å². The summed E-state index contributed by atoms with van der Waals surface area (Å²) in [6, 6.07) is 46.1. The summed E-state index contributed by atoms with van der Waals surface area (Å²) in [6.45, 7) is 0. The molecule has 0 unspecified atom stereocenters. The van der Waals surface area contributed by atoms with Gasteiger partial charge in [0.05, 0.1) is 50.5 Å². The van der Waals surface area contributed by atoms with Crippen LogP contribution in [0.2, 0.25) is 0 Å². The molecule has 0 spiro atoms. The first-order valence-electron chi connectivity index (χ1n) is 15.3. The van der Waals surface area contributed by atoms with Crippen molar-refractivity contribution in [1.29, 1.82) is 0 Å². The Kier molecular flexibility index (Phi) is 4.26. The van der Waals surface area contributed by atoms with Gasteiger partial charge in [-0.1, -0.05) is 78.9 Å². The predicted octanol–water partition coefficient (Wildman–Crippen LogP) is 10.1. The summed E-state index contributed by atoms with van der Waals surface area (Å²) in [5.74, 6) is 0. The highest BCUT2D eigenvalue weighted by Gasteiger charge is 2.34. The number of nitrogens with zero attached hydrogens (tertiary/aromatic N) is 5. The highest BCUT2D eigenvalue weighted by Crippen LogP contribution is 2.55. The van der Waals surface area contributed by atoms with Crippen molar-refractivity contribution in [2.45, 2.75) is 0 Å². The minimum Gasteiger partial charge on any atom is -0.309 e. The van der Waals surface area contributed by atoms with Crippen LogP contribution in [0.4, 0.5) is 17.1 Å². The second kappa shape index (κ2) is 8.24. The van der Waals surface area contributed by atoms with Crippen LogP contribution in [0.3, 0.4) is 0 Å². The van der Waals surface area contributed by atoms with Gasteiger partial charge in [-0.3, -0.25) is 9.97 Å². The molecule has 3 aromatic heterocycles. The second-order valence-electron chi connectivity index (χ2n) is 11.9. The van der Waals surface area contributed by atoms with Crippen LogP contribution in [-0.2, 0) is 0 Å². The van der Waals surface area contributed by atoms with Gasteiger partial charge >= 0.3 is 0 Å². The third-order valence-electron chi connectivity index (χ3n) is 9.65. The standard InChI is InChI=1S/C40H23N5/c1-2-9-24(10-3-1)43-32-16-5-4-11-26(32)31-23-25(19-20-33(31)43)44-34-17-7-13-28-27-12-6-14-29-36-37(42-22-21-41-36)30-15-8-18-35(44)40(30)45(38(27)29)39(28)34/h1-23H. The first-order chi connectivity index (χ1) is 22.4. The maximum Gasteiger partial charge on any atom is 0.0987 e. The number of para-hydroxylation sites is 5. The largest absolute Gasteiger partial charge is 0.309 e. The third kappa shape index (κ3) is 2.83. The SMILES string of the molecule is c1ccc(-n2c3ccccc3c3cc(N4c5cccc6c5-n5c7c(cccc7c7cccc4c75)-c4nccnc4-6)ccc32)cc1. The highest BCUT2D eigenvalue weighted by molar-refractivity contribution is 6.22. The van der Waals surface area contributed by atoms with E-state index in [1.54, 1.807) is 12.4 Å². The molecule has 11 rings (SSSR count). The minimum absolute atomic E-state index is 0.916. The number of hydrogen-bond donors (Lipinski definition) is 0. The van der Waals surface area contributed by atoms with Crippen molar-refractivity contribution in [1.82, 2.24) is 19.1 Å². The molecule has 2 aliphatic heterocycles. The lowest BCUT2D eigenvalue weighted by molar-refractivity contribution is 1.11. The van der Waals surface area contributed by atoms with Crippen LogP contribution < -0.4 is 4.90 Å². The number of rotatable bonds is 2. The van der Waals surface area contributed by atoms with Gasteiger partial charge in [0.1, 0.15) is 0 Å². The van der Waals surface area contributed by atoms with Crippen LogP contribution in [0.15, 0.2) is 140 Å². The molecule has 0 atom stereocenters. The zero-order chi connectivity index (χ0) is 29.2. The molecule has 5 heterocycles. The molecular formula is C40H23N5. The Labute approximate surface area is 257 Å². The van der Waals surface area contributed by atoms with E-state index < -0.39 is 0 Å². The average molecular weight is 574 g/mol. The van der Waals surface area contributed by atoms with Crippen molar-refractivity contribution >= 4 is 60.7 Å². The lowest BCUT2D eigenvalue weighted by Gasteiger charge is -2.34. The number of fused-ring (bicyclic) bond motifs is 7. The van der Waals surface area contributed by atoms with E-state index in [0.717, 1.165) is 51.0 Å². The Bertz CT molecular complexity index is 2720. The number of aromatic nitrogens is 4. The highest BCUT2D eigenvalue weighted by atomic mass is 15.2. The van der Waals surface area contributed by atoms with Crippen molar-refractivity contribution in [3.63, 3.8) is 0 Å². The van der Waals surface area contributed by atoms with E-state index in [1.165, 1.54) is 43.6 Å². The molecule has 0 saturated carbocycles. The van der Waals surface area contributed by atoms with Crippen LogP contribution in [0.1, 0.15) is 0 Å². The van der Waals surface area contributed by atoms with Crippen molar-refractivity contribution in [3.8, 4) is 33.9 Å². The topological polar surface area (TPSA) is 38.9 Å². The molecule has 0 fully saturated rings. The van der Waals surface area contributed by atoms with E-state index in [2.05, 4.69) is 141 Å². The molecule has 9 aromatic rings. The van der Waals surface area contributed by atoms with Crippen molar-refractivity contribution < 1.29 is 0 Å². The zero-order valence-corrected chi connectivity index (χ0v) is 24.0. The normalized spacial score (nSPS) is 12.8. The molecule has 5 nitrogen and oxygen atoms in total. The average Bonchev–Trinajstić information content (AvgIpc) is 3.58. The van der Waals surface area contributed by atoms with Crippen molar-refractivity contribution in [2.24, 2.45) is 0 Å². The Hall–Kier alpha value is -6.20. The summed E-state index contributed by atoms with van der Waals surface area (Å²) in [5, 5.41) is 4.93. The number of benzene rings is 6. The number of hydrogen-bond acceptors (Lipinski definition) is 3. The van der Waals surface area contributed by atoms with E-state index in [-0.39, 0.29) is 0 Å². The molecule has 0 saturated heterocycles. The van der Waals surface area contributed by atoms with Crippen LogP contribution in [-0.4, -0.2) is 19.1 Å². The fraction of sp³-hybridized carbons (Fsp3) is 0. The maximum absolute atomic E-state index is 4.92. The molecule has 0 aliphatic carbocycles. The fourth-order valence-electron chi connectivity index (χ4n) is 7.93. The second-order valence-corrected chi connectivity index (χ2v) is 11.9. The molecule has 0 N–H and O–H groups in total. The quantitative estimate of drug-likeness (QED) is 0.207. The van der Waals surface area contributed by atoms with Crippen molar-refractivity contribution in [2.75, 3.05) is 4.90 Å². The van der Waals surface area contributed by atoms with Gasteiger partial charge in [-0.25, -0.2) is 0 Å². The molecule has 5 heteroatoms. The molecule has 6 aromatic carbocycles. The Balaban J connectivity index is 1.28. The van der Waals surface area contributed by atoms with Crippen LogP contribution in [0.25, 0.3) is 77.5 Å². The smallest absolute Gasteiger partial charge is 0.0987 e. The summed E-state index contributed by atoms with van der Waals surface area (Å²) in [6.07, 6.45) is 3.61. The molecule has 45 heavy (non-hydrogen) atoms. The van der Waals surface area contributed by atoms with E-state index in [1.807, 2.05) is 0 Å². The lowest BCUT2D eigenvalue weighted by atomic mass is 9.99. The molecule has 208 valence electrons. The van der Waals surface area contributed by atoms with E-state index in [0.29, 0.717) is 0 Å². The molecular weight excluding hydrogens is 550 g/mol. The Morgan fingerprint density at radius 2 is 1.09 bits per heavy atom. The maximum atomic E-state index is 4.92. The Morgan fingerprint density at radius 3 is 1.98 bits per heavy atom. The van der Waals surface area contributed by atoms with Gasteiger partial charge in [0, 0.05) is 56.4 Å². The summed E-state index contributed by atoms with van der Waals surface area (Å²) in [4.78, 5) is 12.3. The summed E-state index contributed by atoms with van der Waals surface area (Å²) in [7, 11) is 0. The van der Waals surface area contributed by atoms with Crippen LogP contribution in [0.5, 0.6) is 0 Å².